The van der Waals surface area contributed by atoms with Crippen LogP contribution in [0.4, 0.5) is 0 Å². The third kappa shape index (κ3) is 1.88. The molecule has 0 saturated heterocycles. The van der Waals surface area contributed by atoms with Crippen molar-refractivity contribution in [2.24, 2.45) is 0 Å². The van der Waals surface area contributed by atoms with Crippen molar-refractivity contribution in [3.8, 4) is 11.4 Å². The summed E-state index contributed by atoms with van der Waals surface area (Å²) in [6.07, 6.45) is 7.91. The Morgan fingerprint density at radius 2 is 1.44 bits per heavy atom. The Balaban J connectivity index is 2.13. The highest BCUT2D eigenvalue weighted by atomic mass is 15.4. The van der Waals surface area contributed by atoms with Crippen molar-refractivity contribution in [2.75, 3.05) is 0 Å². The van der Waals surface area contributed by atoms with Crippen molar-refractivity contribution < 1.29 is 0 Å². The van der Waals surface area contributed by atoms with Crippen molar-refractivity contribution in [1.29, 1.82) is 0 Å². The fraction of sp³-hybridized carbons (Fsp3) is 0.167. The van der Waals surface area contributed by atoms with Crippen LogP contribution < -0.4 is 0 Å². The lowest BCUT2D eigenvalue weighted by atomic mass is 10.1. The summed E-state index contributed by atoms with van der Waals surface area (Å²) in [7, 11) is 0. The van der Waals surface area contributed by atoms with E-state index in [1.54, 1.807) is 21.8 Å². The van der Waals surface area contributed by atoms with Gasteiger partial charge in [-0.25, -0.2) is 9.36 Å². The molecule has 0 spiro atoms. The Morgan fingerprint density at radius 1 is 0.889 bits per heavy atom. The van der Waals surface area contributed by atoms with Gasteiger partial charge in [-0.05, 0) is 30.2 Å². The summed E-state index contributed by atoms with van der Waals surface area (Å²) >= 11 is 0. The Labute approximate surface area is 104 Å². The molecular weight excluding hydrogens is 228 g/mol. The summed E-state index contributed by atoms with van der Waals surface area (Å²) in [5, 5.41) is 15.7. The van der Waals surface area contributed by atoms with Gasteiger partial charge in [0.2, 0.25) is 0 Å². The minimum atomic E-state index is 0.949. The maximum Gasteiger partial charge on any atom is 0.0697 e. The molecule has 0 fully saturated rings. The highest BCUT2D eigenvalue weighted by Crippen LogP contribution is 2.16. The summed E-state index contributed by atoms with van der Waals surface area (Å²) < 4.78 is 3.47. The molecule has 0 aliphatic heterocycles. The van der Waals surface area contributed by atoms with Crippen LogP contribution >= 0.6 is 0 Å². The number of nitrogens with zero attached hydrogens (tertiary/aromatic N) is 6. The summed E-state index contributed by atoms with van der Waals surface area (Å²) in [5.74, 6) is 0. The van der Waals surface area contributed by atoms with E-state index in [1.807, 2.05) is 18.5 Å². The van der Waals surface area contributed by atoms with E-state index in [1.165, 1.54) is 5.56 Å². The zero-order chi connectivity index (χ0) is 12.4. The van der Waals surface area contributed by atoms with Crippen molar-refractivity contribution >= 4 is 0 Å². The van der Waals surface area contributed by atoms with Gasteiger partial charge in [-0.15, -0.1) is 10.2 Å². The predicted molar refractivity (Wildman–Crippen MR) is 65.7 cm³/mol. The SMILES string of the molecule is CCc1cc(-n2ccnn2)cc(-n2ccnn2)c1. The molecule has 3 aromatic rings. The van der Waals surface area contributed by atoms with E-state index in [0.717, 1.165) is 17.8 Å². The second kappa shape index (κ2) is 4.40. The number of hydrogen-bond acceptors (Lipinski definition) is 4. The van der Waals surface area contributed by atoms with Crippen LogP contribution in [0.2, 0.25) is 0 Å². The molecule has 3 rings (SSSR count). The summed E-state index contributed by atoms with van der Waals surface area (Å²) in [5.41, 5.74) is 3.16. The number of aromatic nitrogens is 6. The van der Waals surface area contributed by atoms with Crippen molar-refractivity contribution in [2.45, 2.75) is 13.3 Å². The average molecular weight is 240 g/mol. The molecule has 0 unspecified atom stereocenters. The highest BCUT2D eigenvalue weighted by molar-refractivity contribution is 5.46. The van der Waals surface area contributed by atoms with Crippen LogP contribution in [0.3, 0.4) is 0 Å². The van der Waals surface area contributed by atoms with Crippen LogP contribution in [0.25, 0.3) is 11.4 Å². The normalized spacial score (nSPS) is 10.7. The molecule has 6 nitrogen and oxygen atoms in total. The van der Waals surface area contributed by atoms with Gasteiger partial charge in [-0.1, -0.05) is 17.4 Å². The molecule has 0 aliphatic rings. The van der Waals surface area contributed by atoms with E-state index in [4.69, 9.17) is 0 Å². The molecule has 90 valence electrons. The van der Waals surface area contributed by atoms with E-state index in [0.29, 0.717) is 0 Å². The lowest BCUT2D eigenvalue weighted by molar-refractivity contribution is 0.783. The zero-order valence-corrected chi connectivity index (χ0v) is 9.93. The number of rotatable bonds is 3. The molecule has 0 N–H and O–H groups in total. The molecule has 6 heteroatoms. The standard InChI is InChI=1S/C12H12N6/c1-2-10-7-11(17-5-3-13-15-17)9-12(8-10)18-6-4-14-16-18/h3-9H,2H2,1H3. The second-order valence-electron chi connectivity index (χ2n) is 3.91. The van der Waals surface area contributed by atoms with Gasteiger partial charge in [-0.3, -0.25) is 0 Å². The third-order valence-electron chi connectivity index (χ3n) is 2.74. The largest absolute Gasteiger partial charge is 0.221 e. The smallest absolute Gasteiger partial charge is 0.0697 e. The van der Waals surface area contributed by atoms with Crippen LogP contribution in [0.15, 0.2) is 43.0 Å². The van der Waals surface area contributed by atoms with Crippen LogP contribution in [-0.2, 0) is 6.42 Å². The van der Waals surface area contributed by atoms with E-state index in [-0.39, 0.29) is 0 Å². The van der Waals surface area contributed by atoms with Crippen LogP contribution in [-0.4, -0.2) is 30.0 Å². The first-order valence-electron chi connectivity index (χ1n) is 5.74. The van der Waals surface area contributed by atoms with E-state index in [2.05, 4.69) is 39.7 Å². The Bertz CT molecular complexity index is 574. The first-order valence-corrected chi connectivity index (χ1v) is 5.74. The molecule has 1 aromatic carbocycles. The maximum absolute atomic E-state index is 4.01. The number of aryl methyl sites for hydroxylation is 1. The third-order valence-corrected chi connectivity index (χ3v) is 2.74. The Morgan fingerprint density at radius 3 is 1.83 bits per heavy atom. The van der Waals surface area contributed by atoms with Crippen LogP contribution in [0.5, 0.6) is 0 Å². The van der Waals surface area contributed by atoms with Gasteiger partial charge in [0.05, 0.1) is 36.2 Å². The van der Waals surface area contributed by atoms with Crippen LogP contribution in [0.1, 0.15) is 12.5 Å². The van der Waals surface area contributed by atoms with E-state index >= 15 is 0 Å². The minimum absolute atomic E-state index is 0.949. The van der Waals surface area contributed by atoms with Crippen LogP contribution in [0, 0.1) is 0 Å². The summed E-state index contributed by atoms with van der Waals surface area (Å²) in [6, 6.07) is 6.19. The Hall–Kier alpha value is -2.50. The van der Waals surface area contributed by atoms with Gasteiger partial charge >= 0.3 is 0 Å². The van der Waals surface area contributed by atoms with Gasteiger partial charge in [-0.2, -0.15) is 0 Å². The zero-order valence-electron chi connectivity index (χ0n) is 9.93. The maximum atomic E-state index is 4.01. The Kier molecular flexibility index (Phi) is 2.60. The first-order chi connectivity index (χ1) is 8.86. The first kappa shape index (κ1) is 10.6. The van der Waals surface area contributed by atoms with Gasteiger partial charge < -0.3 is 0 Å². The van der Waals surface area contributed by atoms with E-state index in [9.17, 15) is 0 Å². The van der Waals surface area contributed by atoms with Crippen molar-refractivity contribution in [3.63, 3.8) is 0 Å². The summed E-state index contributed by atoms with van der Waals surface area (Å²) in [6.45, 7) is 2.12. The number of hydrogen-bond donors (Lipinski definition) is 0. The molecule has 0 aliphatic carbocycles. The van der Waals surface area contributed by atoms with Crippen molar-refractivity contribution in [3.05, 3.63) is 48.5 Å². The van der Waals surface area contributed by atoms with Crippen molar-refractivity contribution in [1.82, 2.24) is 30.0 Å². The van der Waals surface area contributed by atoms with Gasteiger partial charge in [0.1, 0.15) is 0 Å². The summed E-state index contributed by atoms with van der Waals surface area (Å²) in [4.78, 5) is 0. The number of benzene rings is 1. The average Bonchev–Trinajstić information content (AvgIpc) is 3.10. The molecule has 0 amide bonds. The van der Waals surface area contributed by atoms with E-state index < -0.39 is 0 Å². The molecular formula is C12H12N6. The second-order valence-corrected chi connectivity index (χ2v) is 3.91. The predicted octanol–water partition coefficient (Wildman–Crippen LogP) is 1.41. The molecule has 0 bridgehead atoms. The van der Waals surface area contributed by atoms with Gasteiger partial charge in [0.25, 0.3) is 0 Å². The minimum Gasteiger partial charge on any atom is -0.221 e. The topological polar surface area (TPSA) is 61.4 Å². The van der Waals surface area contributed by atoms with Gasteiger partial charge in [0, 0.05) is 0 Å². The quantitative estimate of drug-likeness (QED) is 0.694. The fourth-order valence-corrected chi connectivity index (χ4v) is 1.82. The molecule has 0 atom stereocenters. The lowest BCUT2D eigenvalue weighted by Crippen LogP contribution is -2.01. The monoisotopic (exact) mass is 240 g/mol. The highest BCUT2D eigenvalue weighted by Gasteiger charge is 2.05. The van der Waals surface area contributed by atoms with Gasteiger partial charge in [0.15, 0.2) is 0 Å². The molecule has 18 heavy (non-hydrogen) atoms. The lowest BCUT2D eigenvalue weighted by Gasteiger charge is -2.08. The molecule has 2 heterocycles. The molecule has 0 radical (unpaired) electrons. The fourth-order valence-electron chi connectivity index (χ4n) is 1.82. The molecule has 2 aromatic heterocycles. The molecule has 0 saturated carbocycles.